The van der Waals surface area contributed by atoms with E-state index >= 15 is 0 Å². The summed E-state index contributed by atoms with van der Waals surface area (Å²) in [6.07, 6.45) is 2.22. The zero-order valence-corrected chi connectivity index (χ0v) is 12.6. The Balaban J connectivity index is 2.05. The molecule has 0 saturated carbocycles. The van der Waals surface area contributed by atoms with E-state index in [-0.39, 0.29) is 5.91 Å². The van der Waals surface area contributed by atoms with Gasteiger partial charge in [0.05, 0.1) is 11.2 Å². The molecule has 0 aliphatic rings. The maximum Gasteiger partial charge on any atom is 0.224 e. The van der Waals surface area contributed by atoms with Gasteiger partial charge in [0.25, 0.3) is 0 Å². The molecular weight excluding hydrogens is 264 g/mol. The normalized spacial score (nSPS) is 10.6. The summed E-state index contributed by atoms with van der Waals surface area (Å²) in [5, 5.41) is 4.21. The van der Waals surface area contributed by atoms with Crippen LogP contribution in [-0.2, 0) is 4.79 Å². The van der Waals surface area contributed by atoms with Gasteiger partial charge in [-0.1, -0.05) is 0 Å². The molecular formula is C16H22N4O. The van der Waals surface area contributed by atoms with Crippen LogP contribution in [0.1, 0.15) is 20.3 Å². The van der Waals surface area contributed by atoms with Crippen LogP contribution in [0.3, 0.4) is 0 Å². The maximum atomic E-state index is 12.0. The number of fused-ring (bicyclic) bond motifs is 1. The summed E-state index contributed by atoms with van der Waals surface area (Å²) in [7, 11) is 0. The van der Waals surface area contributed by atoms with Crippen LogP contribution in [0, 0.1) is 0 Å². The maximum absolute atomic E-state index is 12.0. The van der Waals surface area contributed by atoms with Crippen molar-refractivity contribution in [3.8, 4) is 0 Å². The van der Waals surface area contributed by atoms with Gasteiger partial charge in [-0.3, -0.25) is 9.78 Å². The van der Waals surface area contributed by atoms with Crippen molar-refractivity contribution in [1.82, 2.24) is 9.88 Å². The lowest BCUT2D eigenvalue weighted by Crippen LogP contribution is -2.31. The fourth-order valence-corrected chi connectivity index (χ4v) is 2.38. The largest absolute Gasteiger partial charge is 0.398 e. The van der Waals surface area contributed by atoms with Gasteiger partial charge >= 0.3 is 0 Å². The Bertz CT molecular complexity index is 623. The number of benzene rings is 1. The fourth-order valence-electron chi connectivity index (χ4n) is 2.38. The summed E-state index contributed by atoms with van der Waals surface area (Å²) < 4.78 is 0. The number of nitrogens with zero attached hydrogens (tertiary/aromatic N) is 2. The van der Waals surface area contributed by atoms with E-state index in [0.29, 0.717) is 18.7 Å². The van der Waals surface area contributed by atoms with Crippen LogP contribution in [0.15, 0.2) is 30.5 Å². The summed E-state index contributed by atoms with van der Waals surface area (Å²) >= 11 is 0. The molecule has 0 unspecified atom stereocenters. The van der Waals surface area contributed by atoms with E-state index in [0.717, 1.165) is 29.7 Å². The average Bonchev–Trinajstić information content (AvgIpc) is 2.51. The number of hydrogen-bond donors (Lipinski definition) is 2. The highest BCUT2D eigenvalue weighted by Crippen LogP contribution is 2.26. The molecule has 1 aromatic carbocycles. The second kappa shape index (κ2) is 6.92. The van der Waals surface area contributed by atoms with E-state index in [9.17, 15) is 4.79 Å². The first kappa shape index (κ1) is 15.1. The average molecular weight is 286 g/mol. The number of pyridine rings is 1. The first-order chi connectivity index (χ1) is 10.2. The number of rotatable bonds is 6. The summed E-state index contributed by atoms with van der Waals surface area (Å²) in [5.74, 6) is 0.167. The van der Waals surface area contributed by atoms with Crippen molar-refractivity contribution in [3.63, 3.8) is 0 Å². The van der Waals surface area contributed by atoms with Crippen LogP contribution >= 0.6 is 0 Å². The zero-order valence-electron chi connectivity index (χ0n) is 12.6. The van der Waals surface area contributed by atoms with Gasteiger partial charge in [0, 0.05) is 43.3 Å². The number of nitrogen functional groups attached to an aromatic ring is 1. The Morgan fingerprint density at radius 2 is 2.05 bits per heavy atom. The minimum absolute atomic E-state index is 0.167. The Kier molecular flexibility index (Phi) is 4.98. The molecule has 0 bridgehead atoms. The second-order valence-electron chi connectivity index (χ2n) is 4.84. The predicted octanol–water partition coefficient (Wildman–Crippen LogP) is 2.49. The number of carbonyl (C=O) groups is 1. The summed E-state index contributed by atoms with van der Waals surface area (Å²) in [6.45, 7) is 6.08. The van der Waals surface area contributed by atoms with Crippen molar-refractivity contribution < 1.29 is 4.79 Å². The highest BCUT2D eigenvalue weighted by molar-refractivity contribution is 5.98. The van der Waals surface area contributed by atoms with Crippen LogP contribution in [-0.4, -0.2) is 35.4 Å². The van der Waals surface area contributed by atoms with Gasteiger partial charge in [0.15, 0.2) is 0 Å². The van der Waals surface area contributed by atoms with Crippen LogP contribution in [0.2, 0.25) is 0 Å². The number of anilines is 2. The number of nitrogens with two attached hydrogens (primary N) is 1. The minimum atomic E-state index is 0.167. The second-order valence-corrected chi connectivity index (χ2v) is 4.84. The van der Waals surface area contributed by atoms with Gasteiger partial charge in [-0.05, 0) is 38.1 Å². The topological polar surface area (TPSA) is 71.2 Å². The molecule has 2 aromatic rings. The lowest BCUT2D eigenvalue weighted by molar-refractivity contribution is -0.130. The SMILES string of the molecule is CCN(CC)C(=O)CCNc1ccc(N)c2cccnc12. The first-order valence-corrected chi connectivity index (χ1v) is 7.32. The van der Waals surface area contributed by atoms with Crippen LogP contribution in [0.5, 0.6) is 0 Å². The number of carbonyl (C=O) groups excluding carboxylic acids is 1. The summed E-state index contributed by atoms with van der Waals surface area (Å²) in [5.41, 5.74) is 8.41. The van der Waals surface area contributed by atoms with Crippen LogP contribution in [0.4, 0.5) is 11.4 Å². The smallest absolute Gasteiger partial charge is 0.224 e. The monoisotopic (exact) mass is 286 g/mol. The molecule has 21 heavy (non-hydrogen) atoms. The van der Waals surface area contributed by atoms with Crippen LogP contribution < -0.4 is 11.1 Å². The molecule has 0 radical (unpaired) electrons. The van der Waals surface area contributed by atoms with E-state index in [1.54, 1.807) is 6.20 Å². The van der Waals surface area contributed by atoms with E-state index < -0.39 is 0 Å². The molecule has 112 valence electrons. The Morgan fingerprint density at radius 3 is 2.76 bits per heavy atom. The molecule has 0 saturated heterocycles. The van der Waals surface area contributed by atoms with Crippen molar-refractivity contribution in [2.45, 2.75) is 20.3 Å². The Labute approximate surface area is 125 Å². The fraction of sp³-hybridized carbons (Fsp3) is 0.375. The van der Waals surface area contributed by atoms with E-state index in [1.807, 2.05) is 43.0 Å². The van der Waals surface area contributed by atoms with E-state index in [2.05, 4.69) is 10.3 Å². The molecule has 0 spiro atoms. The summed E-state index contributed by atoms with van der Waals surface area (Å²) in [4.78, 5) is 18.2. The molecule has 0 aliphatic carbocycles. The lowest BCUT2D eigenvalue weighted by Gasteiger charge is -2.19. The van der Waals surface area contributed by atoms with Gasteiger partial charge in [-0.15, -0.1) is 0 Å². The Hall–Kier alpha value is -2.30. The number of nitrogens with one attached hydrogen (secondary N) is 1. The van der Waals surface area contributed by atoms with Crippen LogP contribution in [0.25, 0.3) is 10.9 Å². The molecule has 1 amide bonds. The highest BCUT2D eigenvalue weighted by Gasteiger charge is 2.09. The van der Waals surface area contributed by atoms with Gasteiger partial charge in [0.2, 0.25) is 5.91 Å². The highest BCUT2D eigenvalue weighted by atomic mass is 16.2. The van der Waals surface area contributed by atoms with Gasteiger partial charge in [-0.25, -0.2) is 0 Å². The third kappa shape index (κ3) is 3.42. The van der Waals surface area contributed by atoms with Gasteiger partial charge < -0.3 is 16.0 Å². The Morgan fingerprint density at radius 1 is 1.29 bits per heavy atom. The number of amides is 1. The van der Waals surface area contributed by atoms with Crippen molar-refractivity contribution in [1.29, 1.82) is 0 Å². The van der Waals surface area contributed by atoms with Crippen molar-refractivity contribution in [2.75, 3.05) is 30.7 Å². The summed E-state index contributed by atoms with van der Waals surface area (Å²) in [6, 6.07) is 7.58. The van der Waals surface area contributed by atoms with Crippen molar-refractivity contribution in [3.05, 3.63) is 30.5 Å². The van der Waals surface area contributed by atoms with E-state index in [1.165, 1.54) is 0 Å². The molecule has 1 heterocycles. The standard InChI is InChI=1S/C16H22N4O/c1-3-20(4-2)15(21)9-11-18-14-8-7-13(17)12-6-5-10-19-16(12)14/h5-8,10,18H,3-4,9,11,17H2,1-2H3. The molecule has 0 atom stereocenters. The molecule has 0 aliphatic heterocycles. The van der Waals surface area contributed by atoms with Crippen molar-refractivity contribution in [2.24, 2.45) is 0 Å². The first-order valence-electron chi connectivity index (χ1n) is 7.32. The molecule has 1 aromatic heterocycles. The van der Waals surface area contributed by atoms with Crippen molar-refractivity contribution >= 4 is 28.2 Å². The number of aromatic nitrogens is 1. The quantitative estimate of drug-likeness (QED) is 0.800. The lowest BCUT2D eigenvalue weighted by atomic mass is 10.1. The molecule has 5 nitrogen and oxygen atoms in total. The third-order valence-electron chi connectivity index (χ3n) is 3.57. The molecule has 0 fully saturated rings. The third-order valence-corrected chi connectivity index (χ3v) is 3.57. The molecule has 2 rings (SSSR count). The van der Waals surface area contributed by atoms with Gasteiger partial charge in [0.1, 0.15) is 0 Å². The van der Waals surface area contributed by atoms with Gasteiger partial charge in [-0.2, -0.15) is 0 Å². The number of hydrogen-bond acceptors (Lipinski definition) is 4. The molecule has 3 N–H and O–H groups in total. The van der Waals surface area contributed by atoms with E-state index in [4.69, 9.17) is 5.73 Å². The zero-order chi connectivity index (χ0) is 15.2. The molecule has 5 heteroatoms. The minimum Gasteiger partial charge on any atom is -0.398 e. The predicted molar refractivity (Wildman–Crippen MR) is 87.2 cm³/mol.